The zero-order chi connectivity index (χ0) is 16.4. The molecule has 0 saturated heterocycles. The smallest absolute Gasteiger partial charge is 0.303 e. The number of rotatable bonds is 11. The Labute approximate surface area is 132 Å². The van der Waals surface area contributed by atoms with Gasteiger partial charge in [-0.05, 0) is 30.9 Å². The number of anilines is 1. The first-order chi connectivity index (χ1) is 10.6. The van der Waals surface area contributed by atoms with Gasteiger partial charge >= 0.3 is 5.97 Å². The summed E-state index contributed by atoms with van der Waals surface area (Å²) in [5.41, 5.74) is 1.01. The van der Waals surface area contributed by atoms with Crippen molar-refractivity contribution >= 4 is 11.7 Å². The van der Waals surface area contributed by atoms with Gasteiger partial charge in [-0.15, -0.1) is 0 Å². The molecular weight excluding hydrogens is 282 g/mol. The van der Waals surface area contributed by atoms with Crippen molar-refractivity contribution in [3.63, 3.8) is 0 Å². The fourth-order valence-electron chi connectivity index (χ4n) is 2.29. The average Bonchev–Trinajstić information content (AvgIpc) is 2.51. The standard InChI is InChI=1S/C17H27NO4/c1-13(7-5-4-6-8-17(19)20)12-18-14-9-10-15(21-2)16(11-14)22-3/h9-11,13,18H,4-8,12H2,1-3H3,(H,19,20). The molecule has 0 fully saturated rings. The highest BCUT2D eigenvalue weighted by molar-refractivity contribution is 5.66. The van der Waals surface area contributed by atoms with Crippen molar-refractivity contribution in [1.29, 1.82) is 0 Å². The molecule has 0 aliphatic rings. The van der Waals surface area contributed by atoms with E-state index in [1.165, 1.54) is 0 Å². The second-order valence-corrected chi connectivity index (χ2v) is 5.55. The summed E-state index contributed by atoms with van der Waals surface area (Å²) in [6.45, 7) is 3.08. The number of hydrogen-bond donors (Lipinski definition) is 2. The van der Waals surface area contributed by atoms with Gasteiger partial charge in [0.25, 0.3) is 0 Å². The largest absolute Gasteiger partial charge is 0.493 e. The molecule has 5 nitrogen and oxygen atoms in total. The van der Waals surface area contributed by atoms with Crippen molar-refractivity contribution in [2.24, 2.45) is 5.92 Å². The molecule has 1 rings (SSSR count). The van der Waals surface area contributed by atoms with Crippen molar-refractivity contribution in [2.45, 2.75) is 39.0 Å². The van der Waals surface area contributed by atoms with E-state index in [0.717, 1.165) is 43.7 Å². The maximum absolute atomic E-state index is 10.4. The summed E-state index contributed by atoms with van der Waals surface area (Å²) in [6.07, 6.45) is 4.19. The summed E-state index contributed by atoms with van der Waals surface area (Å²) in [7, 11) is 3.25. The molecule has 0 amide bonds. The topological polar surface area (TPSA) is 67.8 Å². The number of hydrogen-bond acceptors (Lipinski definition) is 4. The normalized spacial score (nSPS) is 11.8. The first-order valence-corrected chi connectivity index (χ1v) is 7.74. The second kappa shape index (κ2) is 9.92. The Kier molecular flexibility index (Phi) is 8.18. The summed E-state index contributed by atoms with van der Waals surface area (Å²) in [4.78, 5) is 10.4. The second-order valence-electron chi connectivity index (χ2n) is 5.55. The molecular formula is C17H27NO4. The quantitative estimate of drug-likeness (QED) is 0.609. The van der Waals surface area contributed by atoms with Gasteiger partial charge in [0.05, 0.1) is 14.2 Å². The number of carboxylic acid groups (broad SMARTS) is 1. The fraction of sp³-hybridized carbons (Fsp3) is 0.588. The lowest BCUT2D eigenvalue weighted by molar-refractivity contribution is -0.137. The van der Waals surface area contributed by atoms with Gasteiger partial charge in [-0.1, -0.05) is 19.8 Å². The number of ether oxygens (including phenoxy) is 2. The Balaban J connectivity index is 2.28. The molecule has 0 aromatic heterocycles. The van der Waals surface area contributed by atoms with Crippen molar-refractivity contribution in [2.75, 3.05) is 26.1 Å². The molecule has 0 saturated carbocycles. The molecule has 2 N–H and O–H groups in total. The van der Waals surface area contributed by atoms with Gasteiger partial charge in [0.2, 0.25) is 0 Å². The first-order valence-electron chi connectivity index (χ1n) is 7.74. The lowest BCUT2D eigenvalue weighted by atomic mass is 10.0. The van der Waals surface area contributed by atoms with Gasteiger partial charge in [-0.2, -0.15) is 0 Å². The highest BCUT2D eigenvalue weighted by atomic mass is 16.5. The minimum atomic E-state index is -0.705. The van der Waals surface area contributed by atoms with Crippen molar-refractivity contribution in [1.82, 2.24) is 0 Å². The average molecular weight is 309 g/mol. The number of unbranched alkanes of at least 4 members (excludes halogenated alkanes) is 2. The third kappa shape index (κ3) is 6.70. The van der Waals surface area contributed by atoms with Crippen molar-refractivity contribution in [3.8, 4) is 11.5 Å². The van der Waals surface area contributed by atoms with Crippen LogP contribution in [0, 0.1) is 5.92 Å². The number of nitrogens with one attached hydrogen (secondary N) is 1. The van der Waals surface area contributed by atoms with E-state index in [1.807, 2.05) is 18.2 Å². The molecule has 0 aliphatic heterocycles. The summed E-state index contributed by atoms with van der Waals surface area (Å²) >= 11 is 0. The number of carboxylic acids is 1. The molecule has 0 aliphatic carbocycles. The summed E-state index contributed by atoms with van der Waals surface area (Å²) in [5.74, 6) is 1.27. The van der Waals surface area contributed by atoms with Crippen LogP contribution in [0.25, 0.3) is 0 Å². The third-order valence-corrected chi connectivity index (χ3v) is 3.63. The van der Waals surface area contributed by atoms with Crippen LogP contribution in [0.5, 0.6) is 11.5 Å². The van der Waals surface area contributed by atoms with E-state index in [-0.39, 0.29) is 6.42 Å². The van der Waals surface area contributed by atoms with Crippen LogP contribution in [0.3, 0.4) is 0 Å². The molecule has 0 bridgehead atoms. The van der Waals surface area contributed by atoms with E-state index in [1.54, 1.807) is 14.2 Å². The van der Waals surface area contributed by atoms with Crippen LogP contribution in [0.1, 0.15) is 39.0 Å². The number of methoxy groups -OCH3 is 2. The predicted octanol–water partition coefficient (Wildman–Crippen LogP) is 3.79. The summed E-state index contributed by atoms with van der Waals surface area (Å²) < 4.78 is 10.5. The van der Waals surface area contributed by atoms with Crippen LogP contribution in [0.15, 0.2) is 18.2 Å². The molecule has 0 radical (unpaired) electrons. The molecule has 124 valence electrons. The summed E-state index contributed by atoms with van der Waals surface area (Å²) in [5, 5.41) is 12.0. The molecule has 1 aromatic rings. The highest BCUT2D eigenvalue weighted by Gasteiger charge is 2.06. The SMILES string of the molecule is COc1ccc(NCC(C)CCCCCC(=O)O)cc1OC. The van der Waals surface area contributed by atoms with Crippen molar-refractivity contribution in [3.05, 3.63) is 18.2 Å². The highest BCUT2D eigenvalue weighted by Crippen LogP contribution is 2.29. The van der Waals surface area contributed by atoms with Crippen LogP contribution in [0.4, 0.5) is 5.69 Å². The van der Waals surface area contributed by atoms with E-state index in [9.17, 15) is 4.79 Å². The first kappa shape index (κ1) is 18.1. The summed E-state index contributed by atoms with van der Waals surface area (Å²) in [6, 6.07) is 5.79. The van der Waals surface area contributed by atoms with E-state index in [0.29, 0.717) is 11.7 Å². The lowest BCUT2D eigenvalue weighted by Crippen LogP contribution is -2.11. The van der Waals surface area contributed by atoms with Gasteiger partial charge in [0.15, 0.2) is 11.5 Å². The molecule has 5 heteroatoms. The number of aliphatic carboxylic acids is 1. The zero-order valence-corrected chi connectivity index (χ0v) is 13.7. The van der Waals surface area contributed by atoms with Gasteiger partial charge in [0.1, 0.15) is 0 Å². The van der Waals surface area contributed by atoms with E-state index >= 15 is 0 Å². The van der Waals surface area contributed by atoms with Gasteiger partial charge in [0, 0.05) is 24.7 Å². The minimum Gasteiger partial charge on any atom is -0.493 e. The minimum absolute atomic E-state index is 0.276. The molecule has 1 atom stereocenters. The van der Waals surface area contributed by atoms with Crippen LogP contribution in [0.2, 0.25) is 0 Å². The van der Waals surface area contributed by atoms with E-state index in [4.69, 9.17) is 14.6 Å². The van der Waals surface area contributed by atoms with Crippen molar-refractivity contribution < 1.29 is 19.4 Å². The Hall–Kier alpha value is -1.91. The van der Waals surface area contributed by atoms with Crippen LogP contribution in [-0.4, -0.2) is 31.8 Å². The Morgan fingerprint density at radius 1 is 1.18 bits per heavy atom. The molecule has 1 aromatic carbocycles. The van der Waals surface area contributed by atoms with Gasteiger partial charge < -0.3 is 19.9 Å². The molecule has 22 heavy (non-hydrogen) atoms. The Morgan fingerprint density at radius 2 is 1.91 bits per heavy atom. The van der Waals surface area contributed by atoms with Crippen LogP contribution in [-0.2, 0) is 4.79 Å². The van der Waals surface area contributed by atoms with Gasteiger partial charge in [-0.25, -0.2) is 0 Å². The fourth-order valence-corrected chi connectivity index (χ4v) is 2.29. The lowest BCUT2D eigenvalue weighted by Gasteiger charge is -2.15. The number of carbonyl (C=O) groups is 1. The zero-order valence-electron chi connectivity index (χ0n) is 13.7. The third-order valence-electron chi connectivity index (χ3n) is 3.63. The Bertz CT molecular complexity index is 462. The maximum atomic E-state index is 10.4. The Morgan fingerprint density at radius 3 is 2.55 bits per heavy atom. The maximum Gasteiger partial charge on any atom is 0.303 e. The van der Waals surface area contributed by atoms with Crippen LogP contribution < -0.4 is 14.8 Å². The van der Waals surface area contributed by atoms with Crippen LogP contribution >= 0.6 is 0 Å². The monoisotopic (exact) mass is 309 g/mol. The molecule has 0 spiro atoms. The molecule has 0 heterocycles. The molecule has 1 unspecified atom stereocenters. The van der Waals surface area contributed by atoms with E-state index < -0.39 is 5.97 Å². The van der Waals surface area contributed by atoms with Gasteiger partial charge in [-0.3, -0.25) is 4.79 Å². The van der Waals surface area contributed by atoms with E-state index in [2.05, 4.69) is 12.2 Å². The number of benzene rings is 1. The predicted molar refractivity (Wildman–Crippen MR) is 87.9 cm³/mol.